The number of aliphatic imine (C=N–C) groups is 1. The summed E-state index contributed by atoms with van der Waals surface area (Å²) >= 11 is 7.40. The number of rotatable bonds is 10. The number of aryl methyl sites for hydroxylation is 5. The van der Waals surface area contributed by atoms with E-state index < -0.39 is 5.41 Å². The van der Waals surface area contributed by atoms with Crippen molar-refractivity contribution in [3.8, 4) is 0 Å². The Hall–Kier alpha value is -5.32. The minimum absolute atomic E-state index is 0. The molecule has 5 heterocycles. The maximum atomic E-state index is 12.2. The van der Waals surface area contributed by atoms with Crippen molar-refractivity contribution < 1.29 is 28.8 Å². The Bertz CT molecular complexity index is 2820. The largest absolute Gasteiger partial charge is 0.379 e. The van der Waals surface area contributed by atoms with Gasteiger partial charge in [-0.3, -0.25) is 33.8 Å². The van der Waals surface area contributed by atoms with Crippen LogP contribution in [0.2, 0.25) is 5.02 Å². The summed E-state index contributed by atoms with van der Waals surface area (Å²) in [5.41, 5.74) is 2.42. The highest BCUT2D eigenvalue weighted by atomic mass is 35.5. The van der Waals surface area contributed by atoms with E-state index in [1.807, 2.05) is 208 Å². The lowest BCUT2D eigenvalue weighted by molar-refractivity contribution is -0.126. The number of carbonyl (C=O) groups is 6. The van der Waals surface area contributed by atoms with Gasteiger partial charge in [0.2, 0.25) is 11.6 Å². The molecule has 0 spiro atoms. The van der Waals surface area contributed by atoms with E-state index in [0.717, 1.165) is 40.0 Å². The number of nitrogens with one attached hydrogen (secondary N) is 3. The lowest BCUT2D eigenvalue weighted by Gasteiger charge is -2.22. The van der Waals surface area contributed by atoms with Crippen LogP contribution in [-0.2, 0) is 30.7 Å². The normalized spacial score (nSPS) is 13.0. The first-order valence-corrected chi connectivity index (χ1v) is 30.7. The maximum Gasteiger partial charge on any atom is 0.203 e. The molecule has 0 saturated heterocycles. The van der Waals surface area contributed by atoms with Gasteiger partial charge in [0.15, 0.2) is 29.0 Å². The molecule has 488 valence electrons. The Morgan fingerprint density at radius 1 is 0.523 bits per heavy atom. The second-order valence-electron chi connectivity index (χ2n) is 31.5. The van der Waals surface area contributed by atoms with Gasteiger partial charge in [0.05, 0.1) is 32.7 Å². The molecule has 1 aliphatic rings. The fourth-order valence-corrected chi connectivity index (χ4v) is 8.81. The number of thiophene rings is 1. The molecule has 0 saturated carbocycles. The highest BCUT2D eigenvalue weighted by Crippen LogP contribution is 2.33. The molecule has 86 heavy (non-hydrogen) atoms. The summed E-state index contributed by atoms with van der Waals surface area (Å²) in [6, 6.07) is 3.77. The molecule has 0 radical (unpaired) electrons. The van der Waals surface area contributed by atoms with Crippen LogP contribution in [0.4, 0.5) is 11.5 Å². The predicted molar refractivity (Wildman–Crippen MR) is 366 cm³/mol. The monoisotopic (exact) mass is 1240 g/mol. The van der Waals surface area contributed by atoms with Gasteiger partial charge >= 0.3 is 0 Å². The van der Waals surface area contributed by atoms with E-state index in [9.17, 15) is 28.8 Å². The Morgan fingerprint density at radius 3 is 1.29 bits per heavy atom. The zero-order chi connectivity index (χ0) is 67.4. The van der Waals surface area contributed by atoms with Crippen LogP contribution in [0, 0.1) is 46.3 Å². The van der Waals surface area contributed by atoms with Gasteiger partial charge in [-0.25, -0.2) is 9.97 Å². The van der Waals surface area contributed by atoms with Gasteiger partial charge in [0.25, 0.3) is 0 Å². The summed E-state index contributed by atoms with van der Waals surface area (Å²) in [7, 11) is 5.60. The van der Waals surface area contributed by atoms with Crippen LogP contribution in [0.15, 0.2) is 47.5 Å². The van der Waals surface area contributed by atoms with Crippen molar-refractivity contribution >= 4 is 74.9 Å². The third kappa shape index (κ3) is 30.5. The molecule has 3 N–H and O–H groups in total. The molecule has 4 aromatic heterocycles. The number of Topliss-reactive ketones (excluding diaryl/α,β-unsaturated/α-hetero) is 6. The number of imidazole rings is 2. The van der Waals surface area contributed by atoms with Crippen LogP contribution in [0.25, 0.3) is 0 Å². The molecular weight excluding hydrogens is 1120 g/mol. The molecule has 5 rings (SSSR count). The number of hydrogen-bond acceptors (Lipinski definition) is 13. The average molecular weight is 1240 g/mol. The van der Waals surface area contributed by atoms with Crippen molar-refractivity contribution in [2.75, 3.05) is 17.2 Å². The summed E-state index contributed by atoms with van der Waals surface area (Å²) in [4.78, 5) is 85.7. The van der Waals surface area contributed by atoms with Gasteiger partial charge in [-0.15, -0.1) is 11.3 Å². The molecule has 0 aromatic carbocycles. The third-order valence-electron chi connectivity index (χ3n) is 12.0. The topological polar surface area (TPSA) is 191 Å². The van der Waals surface area contributed by atoms with E-state index in [-0.39, 0.29) is 80.0 Å². The third-order valence-corrected chi connectivity index (χ3v) is 13.4. The fraction of sp³-hybridized carbons (Fsp3) is 0.667. The summed E-state index contributed by atoms with van der Waals surface area (Å²) in [5.74, 6) is 2.71. The molecular formula is C69H118ClN9O6S. The number of allylic oxidation sites excluding steroid dienone is 2. The van der Waals surface area contributed by atoms with Crippen LogP contribution in [0.3, 0.4) is 0 Å². The molecule has 0 unspecified atom stereocenters. The van der Waals surface area contributed by atoms with Crippen LogP contribution in [0.5, 0.6) is 0 Å². The number of ketones is 6. The van der Waals surface area contributed by atoms with Crippen molar-refractivity contribution in [1.29, 1.82) is 0 Å². The zero-order valence-corrected chi connectivity index (χ0v) is 60.6. The Balaban J connectivity index is 0. The minimum Gasteiger partial charge on any atom is -0.379 e. The standard InChI is InChI=1S/C14H24N2O.C13H23N3O.C11H23NO.C10H13ClOS.C10H16N2O.C10H15NO.CH4/c1-13(2,3)12(17)11-8-10(9-16(11)7)15-14(4,5)6;1-12(2,3)10(17)11-14-9(8-16(11)7)15-13(4,5)6;1-10(2,3)9(13)7-8-12-11(4,5)6;1-6-5-7(11)8(13-6)9(12)10(2,3)4;1-7-6-12(5)9(11-7)8(13)10(2,3)4;1-7-5-6-8(11-7)9(12)10(2,3)4;/h8-9,15H,1-7H3;8,15H,1-7H3;12H,7-8H2,1-6H3;5H,1-4H3;6H,1-5H3;5H,6H2,1-4H3;1H4. The van der Waals surface area contributed by atoms with Crippen LogP contribution < -0.4 is 16.0 Å². The van der Waals surface area contributed by atoms with Crippen molar-refractivity contribution in [3.05, 3.63) is 80.3 Å². The molecule has 0 bridgehead atoms. The quantitative estimate of drug-likeness (QED) is 0.128. The first-order valence-electron chi connectivity index (χ1n) is 29.5. The molecule has 0 amide bonds. The van der Waals surface area contributed by atoms with Gasteiger partial charge in [-0.05, 0) is 95.2 Å². The van der Waals surface area contributed by atoms with Crippen LogP contribution in [-0.4, -0.2) is 87.2 Å². The average Bonchev–Trinajstić information content (AvgIpc) is 2.59. The first kappa shape index (κ1) is 82.7. The fourth-order valence-electron chi connectivity index (χ4n) is 7.33. The van der Waals surface area contributed by atoms with Gasteiger partial charge in [-0.2, -0.15) is 0 Å². The van der Waals surface area contributed by atoms with Gasteiger partial charge < -0.3 is 29.7 Å². The van der Waals surface area contributed by atoms with E-state index in [2.05, 4.69) is 93.2 Å². The molecule has 15 nitrogen and oxygen atoms in total. The van der Waals surface area contributed by atoms with Crippen molar-refractivity contribution in [3.63, 3.8) is 0 Å². The van der Waals surface area contributed by atoms with Crippen LogP contribution >= 0.6 is 22.9 Å². The second kappa shape index (κ2) is 31.7. The molecule has 4 aromatic rings. The molecule has 0 fully saturated rings. The Kier molecular flexibility index (Phi) is 30.5. The highest BCUT2D eigenvalue weighted by Gasteiger charge is 2.31. The van der Waals surface area contributed by atoms with Gasteiger partial charge in [0, 0.05) is 119 Å². The minimum atomic E-state index is -0.405. The summed E-state index contributed by atoms with van der Waals surface area (Å²) in [6.45, 7) is 60.0. The van der Waals surface area contributed by atoms with E-state index in [1.165, 1.54) is 11.3 Å². The van der Waals surface area contributed by atoms with Gasteiger partial charge in [-0.1, -0.05) is 150 Å². The summed E-state index contributed by atoms with van der Waals surface area (Å²) < 4.78 is 5.45. The van der Waals surface area contributed by atoms with Crippen LogP contribution in [0.1, 0.15) is 266 Å². The number of halogens is 1. The Morgan fingerprint density at radius 2 is 0.953 bits per heavy atom. The van der Waals surface area contributed by atoms with E-state index in [4.69, 9.17) is 11.6 Å². The van der Waals surface area contributed by atoms with Crippen molar-refractivity contribution in [2.45, 2.75) is 245 Å². The van der Waals surface area contributed by atoms with Crippen molar-refractivity contribution in [1.82, 2.24) is 29.0 Å². The first-order chi connectivity index (χ1) is 37.7. The molecule has 0 atom stereocenters. The number of hydrogen-bond donors (Lipinski definition) is 3. The zero-order valence-electron chi connectivity index (χ0n) is 59.0. The number of nitrogens with zero attached hydrogens (tertiary/aromatic N) is 6. The second-order valence-corrected chi connectivity index (χ2v) is 33.2. The van der Waals surface area contributed by atoms with E-state index in [1.54, 1.807) is 9.13 Å². The molecule has 1 aliphatic heterocycles. The number of carbonyl (C=O) groups excluding carboxylic acids is 6. The molecule has 0 aliphatic carbocycles. The lowest BCUT2D eigenvalue weighted by Crippen LogP contribution is -2.38. The SMILES string of the molecule is C.CC(C)(C)NCCC(=O)C(C)(C)C.CC1=CCC(C(=O)C(C)(C)C)=N1.Cc1cc(Cl)c(C(=O)C(C)(C)C)s1.Cc1cn(C)c(C(=O)C(C)(C)C)n1.Cn1cc(NC(C)(C)C)cc1C(=O)C(C)(C)C.Cn1cc(NC(C)(C)C)nc1C(=O)C(C)(C)C. The van der Waals surface area contributed by atoms with Crippen molar-refractivity contribution in [2.24, 2.45) is 58.6 Å². The van der Waals surface area contributed by atoms with Gasteiger partial charge in [0.1, 0.15) is 11.6 Å². The summed E-state index contributed by atoms with van der Waals surface area (Å²) in [5, 5.41) is 10.5. The van der Waals surface area contributed by atoms with E-state index >= 15 is 0 Å². The number of aromatic nitrogens is 5. The smallest absolute Gasteiger partial charge is 0.203 e. The highest BCUT2D eigenvalue weighted by molar-refractivity contribution is 7.14. The predicted octanol–water partition coefficient (Wildman–Crippen LogP) is 17.6. The lowest BCUT2D eigenvalue weighted by atomic mass is 9.87. The number of anilines is 2. The molecule has 17 heteroatoms. The summed E-state index contributed by atoms with van der Waals surface area (Å²) in [6.07, 6.45) is 9.00. The van der Waals surface area contributed by atoms with E-state index in [0.29, 0.717) is 45.9 Å². The maximum absolute atomic E-state index is 12.2. The Labute approximate surface area is 530 Å².